The van der Waals surface area contributed by atoms with Gasteiger partial charge >= 0.3 is 0 Å². The molecule has 0 aliphatic carbocycles. The molecule has 0 radical (unpaired) electrons. The van der Waals surface area contributed by atoms with E-state index in [0.29, 0.717) is 0 Å². The van der Waals surface area contributed by atoms with Crippen LogP contribution >= 0.6 is 11.3 Å². The van der Waals surface area contributed by atoms with E-state index in [1.165, 1.54) is 9.75 Å². The maximum Gasteiger partial charge on any atom is 0.106 e. The second-order valence-electron chi connectivity index (χ2n) is 3.60. The van der Waals surface area contributed by atoms with Gasteiger partial charge in [0.2, 0.25) is 0 Å². The van der Waals surface area contributed by atoms with Crippen molar-refractivity contribution in [1.82, 2.24) is 0 Å². The summed E-state index contributed by atoms with van der Waals surface area (Å²) >= 11 is 1.77. The molecule has 1 rings (SSSR count). The third-order valence-electron chi connectivity index (χ3n) is 2.02. The summed E-state index contributed by atoms with van der Waals surface area (Å²) < 4.78 is 5.74. The van der Waals surface area contributed by atoms with Gasteiger partial charge in [-0.2, -0.15) is 0 Å². The maximum atomic E-state index is 5.90. The first kappa shape index (κ1) is 11.7. The van der Waals surface area contributed by atoms with Crippen molar-refractivity contribution in [3.05, 3.63) is 21.9 Å². The van der Waals surface area contributed by atoms with E-state index in [-0.39, 0.29) is 12.1 Å². The fourth-order valence-electron chi connectivity index (χ4n) is 1.34. The van der Waals surface area contributed by atoms with Gasteiger partial charge in [-0.05, 0) is 32.4 Å². The second kappa shape index (κ2) is 5.49. The molecule has 2 unspecified atom stereocenters. The van der Waals surface area contributed by atoms with Gasteiger partial charge < -0.3 is 10.5 Å². The second-order valence-corrected chi connectivity index (χ2v) is 4.92. The van der Waals surface area contributed by atoms with Crippen LogP contribution in [-0.2, 0) is 4.74 Å². The van der Waals surface area contributed by atoms with Crippen molar-refractivity contribution in [3.8, 4) is 0 Å². The van der Waals surface area contributed by atoms with Gasteiger partial charge in [-0.1, -0.05) is 6.92 Å². The summed E-state index contributed by atoms with van der Waals surface area (Å²) in [4.78, 5) is 2.55. The molecule has 1 aromatic heterocycles. The van der Waals surface area contributed by atoms with E-state index in [2.05, 4.69) is 26.0 Å². The van der Waals surface area contributed by atoms with Gasteiger partial charge in [-0.15, -0.1) is 11.3 Å². The predicted molar refractivity (Wildman–Crippen MR) is 61.7 cm³/mol. The number of ether oxygens (including phenoxy) is 1. The number of rotatable bonds is 5. The van der Waals surface area contributed by atoms with Crippen LogP contribution in [0.25, 0.3) is 0 Å². The van der Waals surface area contributed by atoms with E-state index in [1.54, 1.807) is 11.3 Å². The standard InChI is InChI=1S/C11H19NOS/c1-4-7-13-11(9(3)12)10-6-5-8(2)14-10/h5-6,9,11H,4,7,12H2,1-3H3. The summed E-state index contributed by atoms with van der Waals surface area (Å²) in [6.45, 7) is 6.99. The van der Waals surface area contributed by atoms with Crippen molar-refractivity contribution >= 4 is 11.3 Å². The topological polar surface area (TPSA) is 35.2 Å². The van der Waals surface area contributed by atoms with E-state index < -0.39 is 0 Å². The van der Waals surface area contributed by atoms with Crippen LogP contribution in [0.5, 0.6) is 0 Å². The number of hydrogen-bond acceptors (Lipinski definition) is 3. The number of thiophene rings is 1. The molecule has 0 bridgehead atoms. The average Bonchev–Trinajstić information content (AvgIpc) is 2.52. The molecule has 14 heavy (non-hydrogen) atoms. The summed E-state index contributed by atoms with van der Waals surface area (Å²) in [5, 5.41) is 0. The first-order valence-electron chi connectivity index (χ1n) is 5.08. The van der Waals surface area contributed by atoms with Gasteiger partial charge in [0.25, 0.3) is 0 Å². The zero-order chi connectivity index (χ0) is 10.6. The molecule has 1 heterocycles. The summed E-state index contributed by atoms with van der Waals surface area (Å²) in [5.74, 6) is 0. The minimum Gasteiger partial charge on any atom is -0.371 e. The van der Waals surface area contributed by atoms with Crippen molar-refractivity contribution in [1.29, 1.82) is 0 Å². The Morgan fingerprint density at radius 3 is 2.64 bits per heavy atom. The van der Waals surface area contributed by atoms with Crippen LogP contribution in [0.4, 0.5) is 0 Å². The summed E-state index contributed by atoms with van der Waals surface area (Å²) in [7, 11) is 0. The van der Waals surface area contributed by atoms with Crippen molar-refractivity contribution in [2.24, 2.45) is 5.73 Å². The Labute approximate surface area is 90.1 Å². The number of aryl methyl sites for hydroxylation is 1. The molecule has 0 fully saturated rings. The van der Waals surface area contributed by atoms with Gasteiger partial charge in [-0.3, -0.25) is 0 Å². The van der Waals surface area contributed by atoms with Gasteiger partial charge in [0, 0.05) is 22.4 Å². The van der Waals surface area contributed by atoms with Gasteiger partial charge in [0.05, 0.1) is 0 Å². The smallest absolute Gasteiger partial charge is 0.106 e. The lowest BCUT2D eigenvalue weighted by Crippen LogP contribution is -2.26. The van der Waals surface area contributed by atoms with Crippen LogP contribution in [-0.4, -0.2) is 12.6 Å². The molecule has 0 amide bonds. The summed E-state index contributed by atoms with van der Waals surface area (Å²) in [5.41, 5.74) is 5.90. The van der Waals surface area contributed by atoms with Crippen LogP contribution in [0.2, 0.25) is 0 Å². The minimum absolute atomic E-state index is 0.0552. The number of hydrogen-bond donors (Lipinski definition) is 1. The lowest BCUT2D eigenvalue weighted by atomic mass is 10.1. The Morgan fingerprint density at radius 2 is 2.21 bits per heavy atom. The van der Waals surface area contributed by atoms with Crippen LogP contribution in [0.1, 0.15) is 36.1 Å². The lowest BCUT2D eigenvalue weighted by Gasteiger charge is -2.19. The zero-order valence-corrected chi connectivity index (χ0v) is 9.93. The highest BCUT2D eigenvalue weighted by Crippen LogP contribution is 2.27. The van der Waals surface area contributed by atoms with Crippen LogP contribution in [0.3, 0.4) is 0 Å². The highest BCUT2D eigenvalue weighted by atomic mass is 32.1. The molecule has 0 saturated carbocycles. The summed E-state index contributed by atoms with van der Waals surface area (Å²) in [6, 6.07) is 4.29. The molecular weight excluding hydrogens is 194 g/mol. The van der Waals surface area contributed by atoms with Gasteiger partial charge in [-0.25, -0.2) is 0 Å². The fraction of sp³-hybridized carbons (Fsp3) is 0.636. The van der Waals surface area contributed by atoms with E-state index in [9.17, 15) is 0 Å². The molecule has 0 aliphatic rings. The quantitative estimate of drug-likeness (QED) is 0.816. The molecular formula is C11H19NOS. The van der Waals surface area contributed by atoms with E-state index in [4.69, 9.17) is 10.5 Å². The largest absolute Gasteiger partial charge is 0.371 e. The van der Waals surface area contributed by atoms with Crippen LogP contribution < -0.4 is 5.73 Å². The Bertz CT molecular complexity index is 270. The Morgan fingerprint density at radius 1 is 1.50 bits per heavy atom. The van der Waals surface area contributed by atoms with Gasteiger partial charge in [0.15, 0.2) is 0 Å². The first-order chi connectivity index (χ1) is 6.65. The maximum absolute atomic E-state index is 5.90. The van der Waals surface area contributed by atoms with Crippen LogP contribution in [0.15, 0.2) is 12.1 Å². The highest BCUT2D eigenvalue weighted by Gasteiger charge is 2.17. The van der Waals surface area contributed by atoms with Crippen molar-refractivity contribution in [2.75, 3.05) is 6.61 Å². The Kier molecular flexibility index (Phi) is 4.58. The molecule has 0 saturated heterocycles. The highest BCUT2D eigenvalue weighted by molar-refractivity contribution is 7.12. The average molecular weight is 213 g/mol. The molecule has 2 nitrogen and oxygen atoms in total. The monoisotopic (exact) mass is 213 g/mol. The minimum atomic E-state index is 0.0552. The van der Waals surface area contributed by atoms with Crippen LogP contribution in [0, 0.1) is 6.92 Å². The molecule has 1 aromatic rings. The first-order valence-corrected chi connectivity index (χ1v) is 5.90. The molecule has 3 heteroatoms. The van der Waals surface area contributed by atoms with E-state index in [1.807, 2.05) is 6.92 Å². The van der Waals surface area contributed by atoms with E-state index >= 15 is 0 Å². The molecule has 0 aliphatic heterocycles. The molecule has 0 aromatic carbocycles. The van der Waals surface area contributed by atoms with Gasteiger partial charge in [0.1, 0.15) is 6.10 Å². The van der Waals surface area contributed by atoms with Crippen molar-refractivity contribution < 1.29 is 4.74 Å². The predicted octanol–water partition coefficient (Wildman–Crippen LogP) is 2.87. The Balaban J connectivity index is 2.67. The number of nitrogens with two attached hydrogens (primary N) is 1. The normalized spacial score (nSPS) is 15.4. The third kappa shape index (κ3) is 3.08. The Hall–Kier alpha value is -0.380. The van der Waals surface area contributed by atoms with E-state index in [0.717, 1.165) is 13.0 Å². The molecule has 2 N–H and O–H groups in total. The van der Waals surface area contributed by atoms with Crippen molar-refractivity contribution in [2.45, 2.75) is 39.3 Å². The molecule has 2 atom stereocenters. The van der Waals surface area contributed by atoms with Crippen molar-refractivity contribution in [3.63, 3.8) is 0 Å². The third-order valence-corrected chi connectivity index (χ3v) is 3.08. The zero-order valence-electron chi connectivity index (χ0n) is 9.12. The molecule has 80 valence electrons. The molecule has 0 spiro atoms. The SMILES string of the molecule is CCCOC(c1ccc(C)s1)C(C)N. The lowest BCUT2D eigenvalue weighted by molar-refractivity contribution is 0.0412. The summed E-state index contributed by atoms with van der Waals surface area (Å²) in [6.07, 6.45) is 1.10. The fourth-order valence-corrected chi connectivity index (χ4v) is 2.39.